The summed E-state index contributed by atoms with van der Waals surface area (Å²) in [6, 6.07) is 10.2. The molecule has 0 fully saturated rings. The van der Waals surface area contributed by atoms with Gasteiger partial charge in [0.15, 0.2) is 5.78 Å². The van der Waals surface area contributed by atoms with Crippen molar-refractivity contribution in [3.05, 3.63) is 59.2 Å². The van der Waals surface area contributed by atoms with Crippen LogP contribution in [0.25, 0.3) is 6.08 Å². The molecule has 0 aliphatic carbocycles. The molecule has 0 spiro atoms. The van der Waals surface area contributed by atoms with E-state index in [9.17, 15) is 9.90 Å². The molecule has 0 saturated heterocycles. The second-order valence-electron chi connectivity index (χ2n) is 7.39. The Kier molecular flexibility index (Phi) is 9.99. The minimum absolute atomic E-state index is 0.116. The van der Waals surface area contributed by atoms with Crippen LogP contribution in [-0.2, 0) is 6.42 Å². The van der Waals surface area contributed by atoms with Crippen LogP contribution in [0.3, 0.4) is 0 Å². The maximum absolute atomic E-state index is 12.5. The summed E-state index contributed by atoms with van der Waals surface area (Å²) in [5, 5.41) is 9.40. The lowest BCUT2D eigenvalue weighted by Crippen LogP contribution is -2.05. The van der Waals surface area contributed by atoms with Crippen molar-refractivity contribution in [3.8, 4) is 17.2 Å². The highest BCUT2D eigenvalue weighted by Gasteiger charge is 2.13. The Bertz CT molecular complexity index is 790. The maximum Gasteiger partial charge on any atom is 0.185 e. The topological polar surface area (TPSA) is 55.8 Å². The Balaban J connectivity index is 2.31. The standard InChI is InChI=1S/C26H34O4/c1-4-7-16-29-25-18-20(10-15-24(28)21-11-13-22(27)14-12-21)19-26(23(25)9-6-3)30-17-8-5-2/h10-15,18-19,27H,4-9,16-17H2,1-3H3. The van der Waals surface area contributed by atoms with Gasteiger partial charge in [-0.25, -0.2) is 0 Å². The number of unbranched alkanes of at least 4 members (excludes halogenated alkanes) is 2. The summed E-state index contributed by atoms with van der Waals surface area (Å²) >= 11 is 0. The van der Waals surface area contributed by atoms with E-state index in [-0.39, 0.29) is 11.5 Å². The van der Waals surface area contributed by atoms with Crippen molar-refractivity contribution in [1.82, 2.24) is 0 Å². The van der Waals surface area contributed by atoms with Gasteiger partial charge >= 0.3 is 0 Å². The van der Waals surface area contributed by atoms with Gasteiger partial charge in [0.1, 0.15) is 17.2 Å². The van der Waals surface area contributed by atoms with E-state index in [1.807, 2.05) is 12.1 Å². The van der Waals surface area contributed by atoms with Gasteiger partial charge in [-0.05, 0) is 67.3 Å². The van der Waals surface area contributed by atoms with E-state index >= 15 is 0 Å². The van der Waals surface area contributed by atoms with Crippen LogP contribution < -0.4 is 9.47 Å². The molecule has 2 aromatic rings. The Hall–Kier alpha value is -2.75. The molecule has 1 N–H and O–H groups in total. The number of phenols is 1. The van der Waals surface area contributed by atoms with Crippen molar-refractivity contribution in [1.29, 1.82) is 0 Å². The smallest absolute Gasteiger partial charge is 0.185 e. The lowest BCUT2D eigenvalue weighted by atomic mass is 10.0. The van der Waals surface area contributed by atoms with Crippen LogP contribution in [0, 0.1) is 0 Å². The normalized spacial score (nSPS) is 11.0. The predicted octanol–water partition coefficient (Wildman–Crippen LogP) is 6.60. The van der Waals surface area contributed by atoms with Gasteiger partial charge in [-0.3, -0.25) is 4.79 Å². The molecule has 0 aromatic heterocycles. The summed E-state index contributed by atoms with van der Waals surface area (Å²) in [6.07, 6.45) is 9.38. The van der Waals surface area contributed by atoms with Gasteiger partial charge in [0, 0.05) is 11.1 Å². The largest absolute Gasteiger partial charge is 0.508 e. The maximum atomic E-state index is 12.5. The van der Waals surface area contributed by atoms with Crippen LogP contribution in [0.2, 0.25) is 0 Å². The van der Waals surface area contributed by atoms with Crippen LogP contribution in [-0.4, -0.2) is 24.1 Å². The predicted molar refractivity (Wildman–Crippen MR) is 123 cm³/mol. The first kappa shape index (κ1) is 23.5. The Morgan fingerprint density at radius 3 is 1.97 bits per heavy atom. The number of carbonyl (C=O) groups is 1. The summed E-state index contributed by atoms with van der Waals surface area (Å²) in [5.74, 6) is 1.71. The molecule has 0 aliphatic heterocycles. The van der Waals surface area contributed by atoms with Gasteiger partial charge in [-0.15, -0.1) is 0 Å². The van der Waals surface area contributed by atoms with Crippen molar-refractivity contribution in [2.75, 3.05) is 13.2 Å². The molecule has 0 aliphatic rings. The number of hydrogen-bond donors (Lipinski definition) is 1. The highest BCUT2D eigenvalue weighted by atomic mass is 16.5. The fraction of sp³-hybridized carbons (Fsp3) is 0.423. The fourth-order valence-corrected chi connectivity index (χ4v) is 3.04. The molecule has 2 aromatic carbocycles. The van der Waals surface area contributed by atoms with Crippen molar-refractivity contribution >= 4 is 11.9 Å². The van der Waals surface area contributed by atoms with Crippen molar-refractivity contribution < 1.29 is 19.4 Å². The average Bonchev–Trinajstić information content (AvgIpc) is 2.75. The van der Waals surface area contributed by atoms with E-state index < -0.39 is 0 Å². The second kappa shape index (κ2) is 12.7. The number of hydrogen-bond acceptors (Lipinski definition) is 4. The highest BCUT2D eigenvalue weighted by molar-refractivity contribution is 6.06. The lowest BCUT2D eigenvalue weighted by Gasteiger charge is -2.17. The van der Waals surface area contributed by atoms with E-state index in [1.165, 1.54) is 12.1 Å². The summed E-state index contributed by atoms with van der Waals surface area (Å²) in [4.78, 5) is 12.5. The summed E-state index contributed by atoms with van der Waals surface area (Å²) < 4.78 is 12.2. The molecular formula is C26H34O4. The highest BCUT2D eigenvalue weighted by Crippen LogP contribution is 2.33. The van der Waals surface area contributed by atoms with E-state index in [0.717, 1.165) is 61.2 Å². The zero-order valence-corrected chi connectivity index (χ0v) is 18.4. The molecule has 0 unspecified atom stereocenters. The molecular weight excluding hydrogens is 376 g/mol. The number of benzene rings is 2. The minimum Gasteiger partial charge on any atom is -0.508 e. The molecule has 2 rings (SSSR count). The van der Waals surface area contributed by atoms with Crippen LogP contribution in [0.4, 0.5) is 0 Å². The molecule has 4 heteroatoms. The molecule has 0 heterocycles. The third-order valence-electron chi connectivity index (χ3n) is 4.78. The van der Waals surface area contributed by atoms with E-state index in [4.69, 9.17) is 9.47 Å². The zero-order chi connectivity index (χ0) is 21.8. The second-order valence-corrected chi connectivity index (χ2v) is 7.39. The Morgan fingerprint density at radius 1 is 0.900 bits per heavy atom. The number of aromatic hydroxyl groups is 1. The van der Waals surface area contributed by atoms with Crippen molar-refractivity contribution in [2.24, 2.45) is 0 Å². The third-order valence-corrected chi connectivity index (χ3v) is 4.78. The van der Waals surface area contributed by atoms with Gasteiger partial charge < -0.3 is 14.6 Å². The summed E-state index contributed by atoms with van der Waals surface area (Å²) in [6.45, 7) is 7.77. The monoisotopic (exact) mass is 410 g/mol. The number of carbonyl (C=O) groups excluding carboxylic acids is 1. The SMILES string of the molecule is CCCCOc1cc(C=CC(=O)c2ccc(O)cc2)cc(OCCCC)c1CCC. The fourth-order valence-electron chi connectivity index (χ4n) is 3.04. The van der Waals surface area contributed by atoms with E-state index in [0.29, 0.717) is 18.8 Å². The molecule has 0 amide bonds. The van der Waals surface area contributed by atoms with Crippen LogP contribution in [0.5, 0.6) is 17.2 Å². The Labute approximate surface area is 180 Å². The number of allylic oxidation sites excluding steroid dienone is 1. The average molecular weight is 411 g/mol. The van der Waals surface area contributed by atoms with E-state index in [1.54, 1.807) is 24.3 Å². The molecule has 0 saturated carbocycles. The molecule has 0 atom stereocenters. The Morgan fingerprint density at radius 2 is 1.47 bits per heavy atom. The first-order chi connectivity index (χ1) is 14.6. The number of ether oxygens (including phenoxy) is 2. The zero-order valence-electron chi connectivity index (χ0n) is 18.4. The molecule has 4 nitrogen and oxygen atoms in total. The van der Waals surface area contributed by atoms with Gasteiger partial charge in [0.25, 0.3) is 0 Å². The number of ketones is 1. The van der Waals surface area contributed by atoms with Crippen LogP contribution in [0.1, 0.15) is 74.4 Å². The van der Waals surface area contributed by atoms with Crippen LogP contribution >= 0.6 is 0 Å². The van der Waals surface area contributed by atoms with Gasteiger partial charge in [-0.1, -0.05) is 46.1 Å². The summed E-state index contributed by atoms with van der Waals surface area (Å²) in [7, 11) is 0. The number of rotatable bonds is 13. The molecule has 162 valence electrons. The quantitative estimate of drug-likeness (QED) is 0.230. The van der Waals surface area contributed by atoms with Gasteiger partial charge in [0.2, 0.25) is 0 Å². The molecule has 0 bridgehead atoms. The molecule has 0 radical (unpaired) electrons. The lowest BCUT2D eigenvalue weighted by molar-refractivity contribution is 0.104. The third kappa shape index (κ3) is 7.25. The van der Waals surface area contributed by atoms with Gasteiger partial charge in [-0.2, -0.15) is 0 Å². The first-order valence-corrected chi connectivity index (χ1v) is 11.0. The minimum atomic E-state index is -0.116. The van der Waals surface area contributed by atoms with Crippen molar-refractivity contribution in [3.63, 3.8) is 0 Å². The summed E-state index contributed by atoms with van der Waals surface area (Å²) in [5.41, 5.74) is 2.51. The van der Waals surface area contributed by atoms with Crippen LogP contribution in [0.15, 0.2) is 42.5 Å². The van der Waals surface area contributed by atoms with Crippen molar-refractivity contribution in [2.45, 2.75) is 59.3 Å². The van der Waals surface area contributed by atoms with Gasteiger partial charge in [0.05, 0.1) is 13.2 Å². The van der Waals surface area contributed by atoms with E-state index in [2.05, 4.69) is 20.8 Å². The molecule has 30 heavy (non-hydrogen) atoms. The first-order valence-electron chi connectivity index (χ1n) is 11.0. The number of phenolic OH excluding ortho intramolecular Hbond substituents is 1.